The van der Waals surface area contributed by atoms with Crippen LogP contribution in [0, 0.1) is 5.82 Å². The van der Waals surface area contributed by atoms with Crippen LogP contribution in [0.5, 0.6) is 11.5 Å². The molecule has 3 aromatic rings. The second kappa shape index (κ2) is 7.91. The number of ether oxygens (including phenoxy) is 2. The van der Waals surface area contributed by atoms with E-state index in [1.165, 1.54) is 6.07 Å². The van der Waals surface area contributed by atoms with Crippen molar-refractivity contribution in [2.75, 3.05) is 6.61 Å². The second-order valence-electron chi connectivity index (χ2n) is 6.54. The Balaban J connectivity index is 1.35. The summed E-state index contributed by atoms with van der Waals surface area (Å²) in [6, 6.07) is 18.8. The molecule has 0 spiro atoms. The molecule has 1 unspecified atom stereocenters. The lowest BCUT2D eigenvalue weighted by atomic mass is 10.0. The Labute approximate surface area is 171 Å². The van der Waals surface area contributed by atoms with Gasteiger partial charge in [-0.25, -0.2) is 4.39 Å². The van der Waals surface area contributed by atoms with E-state index in [4.69, 9.17) is 21.1 Å². The normalized spacial score (nSPS) is 15.3. The molecule has 4 rings (SSSR count). The molecule has 138 valence electrons. The Hall–Kier alpha value is -2.04. The van der Waals surface area contributed by atoms with Crippen molar-refractivity contribution < 1.29 is 13.9 Å². The molecule has 1 aliphatic heterocycles. The molecule has 3 aromatic carbocycles. The summed E-state index contributed by atoms with van der Waals surface area (Å²) in [4.78, 5) is 0. The van der Waals surface area contributed by atoms with Gasteiger partial charge in [0.15, 0.2) is 11.6 Å². The SMILES string of the molecule is Fc1cccc2c1OC(COc1ccc(Cc3cc(Br)ccc3Cl)cc1)C2. The van der Waals surface area contributed by atoms with Crippen LogP contribution in [0.3, 0.4) is 0 Å². The fraction of sp³-hybridized carbons (Fsp3) is 0.182. The van der Waals surface area contributed by atoms with E-state index in [1.807, 2.05) is 48.5 Å². The van der Waals surface area contributed by atoms with Crippen molar-refractivity contribution in [2.45, 2.75) is 18.9 Å². The van der Waals surface area contributed by atoms with Crippen LogP contribution in [0.4, 0.5) is 4.39 Å². The van der Waals surface area contributed by atoms with E-state index in [1.54, 1.807) is 6.07 Å². The van der Waals surface area contributed by atoms with Gasteiger partial charge >= 0.3 is 0 Å². The quantitative estimate of drug-likeness (QED) is 0.462. The summed E-state index contributed by atoms with van der Waals surface area (Å²) in [7, 11) is 0. The molecule has 27 heavy (non-hydrogen) atoms. The zero-order chi connectivity index (χ0) is 18.8. The molecule has 0 amide bonds. The van der Waals surface area contributed by atoms with E-state index in [0.29, 0.717) is 18.8 Å². The maximum absolute atomic E-state index is 13.7. The number of para-hydroxylation sites is 1. The third-order valence-corrected chi connectivity index (χ3v) is 5.40. The molecule has 0 bridgehead atoms. The lowest BCUT2D eigenvalue weighted by molar-refractivity contribution is 0.145. The number of halogens is 3. The van der Waals surface area contributed by atoms with Crippen LogP contribution in [0.15, 0.2) is 65.1 Å². The van der Waals surface area contributed by atoms with Gasteiger partial charge in [-0.05, 0) is 53.9 Å². The first-order valence-corrected chi connectivity index (χ1v) is 9.85. The first-order chi connectivity index (χ1) is 13.1. The highest BCUT2D eigenvalue weighted by atomic mass is 79.9. The van der Waals surface area contributed by atoms with Crippen molar-refractivity contribution in [1.82, 2.24) is 0 Å². The summed E-state index contributed by atoms with van der Waals surface area (Å²) < 4.78 is 26.2. The lowest BCUT2D eigenvalue weighted by Gasteiger charge is -2.13. The third-order valence-electron chi connectivity index (χ3n) is 4.54. The molecule has 0 fully saturated rings. The maximum atomic E-state index is 13.7. The number of fused-ring (bicyclic) bond motifs is 1. The van der Waals surface area contributed by atoms with E-state index in [-0.39, 0.29) is 11.9 Å². The van der Waals surface area contributed by atoms with Gasteiger partial charge in [0.05, 0.1) is 0 Å². The molecule has 0 radical (unpaired) electrons. The summed E-state index contributed by atoms with van der Waals surface area (Å²) in [6.07, 6.45) is 1.24. The van der Waals surface area contributed by atoms with E-state index in [9.17, 15) is 4.39 Å². The van der Waals surface area contributed by atoms with Gasteiger partial charge in [0.1, 0.15) is 18.5 Å². The summed E-state index contributed by atoms with van der Waals surface area (Å²) in [6.45, 7) is 0.380. The van der Waals surface area contributed by atoms with Crippen LogP contribution in [-0.2, 0) is 12.8 Å². The minimum atomic E-state index is -0.314. The molecule has 0 saturated carbocycles. The zero-order valence-corrected chi connectivity index (χ0v) is 16.8. The Morgan fingerprint density at radius 3 is 2.70 bits per heavy atom. The number of benzene rings is 3. The predicted octanol–water partition coefficient (Wildman–Crippen LogP) is 6.21. The van der Waals surface area contributed by atoms with Gasteiger partial charge < -0.3 is 9.47 Å². The fourth-order valence-corrected chi connectivity index (χ4v) is 3.78. The molecule has 0 saturated heterocycles. The standard InChI is InChI=1S/C22H17BrClFO2/c23-17-6-9-20(24)16(11-17)10-14-4-7-18(8-5-14)26-13-19-12-15-2-1-3-21(25)22(15)27-19/h1-9,11,19H,10,12-13H2. The van der Waals surface area contributed by atoms with Gasteiger partial charge in [0.2, 0.25) is 0 Å². The van der Waals surface area contributed by atoms with E-state index < -0.39 is 0 Å². The van der Waals surface area contributed by atoms with Gasteiger partial charge in [0, 0.05) is 21.5 Å². The van der Waals surface area contributed by atoms with Crippen LogP contribution < -0.4 is 9.47 Å². The minimum Gasteiger partial charge on any atom is -0.490 e. The Kier molecular flexibility index (Phi) is 5.37. The molecule has 1 heterocycles. The smallest absolute Gasteiger partial charge is 0.165 e. The van der Waals surface area contributed by atoms with Crippen molar-refractivity contribution in [3.8, 4) is 11.5 Å². The molecule has 1 aliphatic rings. The van der Waals surface area contributed by atoms with Crippen LogP contribution in [0.1, 0.15) is 16.7 Å². The highest BCUT2D eigenvalue weighted by Gasteiger charge is 2.26. The minimum absolute atomic E-state index is 0.169. The predicted molar refractivity (Wildman–Crippen MR) is 108 cm³/mol. The van der Waals surface area contributed by atoms with E-state index in [2.05, 4.69) is 15.9 Å². The van der Waals surface area contributed by atoms with E-state index in [0.717, 1.165) is 38.4 Å². The number of rotatable bonds is 5. The third kappa shape index (κ3) is 4.28. The van der Waals surface area contributed by atoms with Gasteiger partial charge in [-0.1, -0.05) is 51.8 Å². The van der Waals surface area contributed by atoms with Crippen molar-refractivity contribution in [3.05, 3.63) is 92.7 Å². The molecule has 2 nitrogen and oxygen atoms in total. The van der Waals surface area contributed by atoms with Gasteiger partial charge in [0.25, 0.3) is 0 Å². The zero-order valence-electron chi connectivity index (χ0n) is 14.4. The molecule has 5 heteroatoms. The van der Waals surface area contributed by atoms with Gasteiger partial charge in [-0.3, -0.25) is 0 Å². The second-order valence-corrected chi connectivity index (χ2v) is 7.86. The average Bonchev–Trinajstić information content (AvgIpc) is 3.09. The Morgan fingerprint density at radius 1 is 1.11 bits per heavy atom. The highest BCUT2D eigenvalue weighted by molar-refractivity contribution is 9.10. The van der Waals surface area contributed by atoms with Crippen molar-refractivity contribution in [2.24, 2.45) is 0 Å². The van der Waals surface area contributed by atoms with Crippen LogP contribution in [-0.4, -0.2) is 12.7 Å². The maximum Gasteiger partial charge on any atom is 0.165 e. The van der Waals surface area contributed by atoms with Crippen molar-refractivity contribution in [3.63, 3.8) is 0 Å². The topological polar surface area (TPSA) is 18.5 Å². The molecular weight excluding hydrogens is 431 g/mol. The molecule has 1 atom stereocenters. The Bertz CT molecular complexity index is 959. The summed E-state index contributed by atoms with van der Waals surface area (Å²) in [5.74, 6) is 0.803. The van der Waals surface area contributed by atoms with Crippen LogP contribution in [0.25, 0.3) is 0 Å². The van der Waals surface area contributed by atoms with Gasteiger partial charge in [-0.15, -0.1) is 0 Å². The fourth-order valence-electron chi connectivity index (χ4n) is 3.18. The first-order valence-electron chi connectivity index (χ1n) is 8.68. The first kappa shape index (κ1) is 18.3. The summed E-state index contributed by atoms with van der Waals surface area (Å²) in [5.41, 5.74) is 3.11. The van der Waals surface area contributed by atoms with E-state index >= 15 is 0 Å². The molecule has 0 aliphatic carbocycles. The van der Waals surface area contributed by atoms with Crippen molar-refractivity contribution in [1.29, 1.82) is 0 Å². The van der Waals surface area contributed by atoms with Crippen LogP contribution >= 0.6 is 27.5 Å². The van der Waals surface area contributed by atoms with Crippen molar-refractivity contribution >= 4 is 27.5 Å². The number of hydrogen-bond acceptors (Lipinski definition) is 2. The largest absolute Gasteiger partial charge is 0.490 e. The lowest BCUT2D eigenvalue weighted by Crippen LogP contribution is -2.22. The monoisotopic (exact) mass is 446 g/mol. The molecular formula is C22H17BrClFO2. The molecule has 0 N–H and O–H groups in total. The summed E-state index contributed by atoms with van der Waals surface area (Å²) >= 11 is 9.74. The average molecular weight is 448 g/mol. The van der Waals surface area contributed by atoms with Gasteiger partial charge in [-0.2, -0.15) is 0 Å². The Morgan fingerprint density at radius 2 is 1.93 bits per heavy atom. The van der Waals surface area contributed by atoms with Crippen LogP contribution in [0.2, 0.25) is 5.02 Å². The molecule has 0 aromatic heterocycles. The summed E-state index contributed by atoms with van der Waals surface area (Å²) in [5, 5.41) is 0.753. The number of hydrogen-bond donors (Lipinski definition) is 0. The highest BCUT2D eigenvalue weighted by Crippen LogP contribution is 2.31.